The highest BCUT2D eigenvalue weighted by molar-refractivity contribution is 7.98. The highest BCUT2D eigenvalue weighted by Gasteiger charge is 2.09. The minimum Gasteiger partial charge on any atom is -0.478 e. The van der Waals surface area contributed by atoms with Crippen LogP contribution in [0.5, 0.6) is 0 Å². The maximum absolute atomic E-state index is 13.5. The number of aromatic nitrogens is 1. The van der Waals surface area contributed by atoms with Crippen molar-refractivity contribution < 1.29 is 14.3 Å². The van der Waals surface area contributed by atoms with Gasteiger partial charge >= 0.3 is 5.97 Å². The van der Waals surface area contributed by atoms with Crippen LogP contribution < -0.4 is 0 Å². The Morgan fingerprint density at radius 2 is 2.22 bits per heavy atom. The van der Waals surface area contributed by atoms with Crippen molar-refractivity contribution in [3.63, 3.8) is 0 Å². The van der Waals surface area contributed by atoms with E-state index in [1.54, 1.807) is 18.5 Å². The van der Waals surface area contributed by atoms with Crippen molar-refractivity contribution >= 4 is 17.7 Å². The summed E-state index contributed by atoms with van der Waals surface area (Å²) in [5, 5.41) is 8.84. The summed E-state index contributed by atoms with van der Waals surface area (Å²) in [6, 6.07) is 7.47. The third-order valence-corrected chi connectivity index (χ3v) is 3.40. The summed E-state index contributed by atoms with van der Waals surface area (Å²) in [6.07, 6.45) is 3.37. The van der Waals surface area contributed by atoms with Crippen LogP contribution in [-0.2, 0) is 5.75 Å². The molecule has 0 radical (unpaired) electrons. The Bertz CT molecular complexity index is 560. The molecule has 18 heavy (non-hydrogen) atoms. The van der Waals surface area contributed by atoms with Crippen LogP contribution in [0.4, 0.5) is 4.39 Å². The predicted octanol–water partition coefficient (Wildman–Crippen LogP) is 3.21. The van der Waals surface area contributed by atoms with Crippen molar-refractivity contribution in [2.75, 3.05) is 0 Å². The fraction of sp³-hybridized carbons (Fsp3) is 0.0769. The first-order valence-corrected chi connectivity index (χ1v) is 6.20. The Balaban J connectivity index is 2.14. The van der Waals surface area contributed by atoms with E-state index in [1.807, 2.05) is 6.07 Å². The second-order valence-electron chi connectivity index (χ2n) is 3.60. The van der Waals surface area contributed by atoms with Gasteiger partial charge in [-0.2, -0.15) is 0 Å². The van der Waals surface area contributed by atoms with Gasteiger partial charge in [0.15, 0.2) is 0 Å². The molecule has 2 aromatic rings. The van der Waals surface area contributed by atoms with Crippen LogP contribution in [0, 0.1) is 5.82 Å². The highest BCUT2D eigenvalue weighted by atomic mass is 32.2. The van der Waals surface area contributed by atoms with E-state index in [9.17, 15) is 9.18 Å². The number of aromatic carboxylic acids is 1. The Morgan fingerprint density at radius 3 is 2.89 bits per heavy atom. The molecule has 92 valence electrons. The van der Waals surface area contributed by atoms with E-state index >= 15 is 0 Å². The van der Waals surface area contributed by atoms with E-state index in [-0.39, 0.29) is 5.56 Å². The lowest BCUT2D eigenvalue weighted by molar-refractivity contribution is 0.0696. The normalized spacial score (nSPS) is 10.3. The number of benzene rings is 1. The third-order valence-electron chi connectivity index (χ3n) is 2.30. The van der Waals surface area contributed by atoms with Gasteiger partial charge in [0.25, 0.3) is 0 Å². The Kier molecular flexibility index (Phi) is 3.94. The number of pyridine rings is 1. The molecule has 0 spiro atoms. The fourth-order valence-electron chi connectivity index (χ4n) is 1.39. The molecule has 1 N–H and O–H groups in total. The maximum atomic E-state index is 13.5. The van der Waals surface area contributed by atoms with Gasteiger partial charge in [0.1, 0.15) is 5.82 Å². The van der Waals surface area contributed by atoms with Gasteiger partial charge in [-0.1, -0.05) is 6.07 Å². The highest BCUT2D eigenvalue weighted by Crippen LogP contribution is 2.26. The number of carboxylic acid groups (broad SMARTS) is 1. The number of rotatable bonds is 4. The average Bonchev–Trinajstić information content (AvgIpc) is 2.38. The van der Waals surface area contributed by atoms with Gasteiger partial charge in [0, 0.05) is 23.0 Å². The molecule has 2 rings (SSSR count). The van der Waals surface area contributed by atoms with Crippen LogP contribution >= 0.6 is 11.8 Å². The molecule has 0 fully saturated rings. The molecule has 0 saturated heterocycles. The molecule has 1 aromatic heterocycles. The van der Waals surface area contributed by atoms with Crippen molar-refractivity contribution in [2.24, 2.45) is 0 Å². The number of nitrogens with zero attached hydrogens (tertiary/aromatic N) is 1. The van der Waals surface area contributed by atoms with Crippen LogP contribution in [0.15, 0.2) is 47.6 Å². The lowest BCUT2D eigenvalue weighted by Gasteiger charge is -2.04. The molecular formula is C13H10FNO2S. The largest absolute Gasteiger partial charge is 0.478 e. The van der Waals surface area contributed by atoms with Crippen molar-refractivity contribution in [1.82, 2.24) is 4.98 Å². The molecule has 1 heterocycles. The van der Waals surface area contributed by atoms with E-state index in [4.69, 9.17) is 5.11 Å². The molecule has 0 atom stereocenters. The maximum Gasteiger partial charge on any atom is 0.335 e. The molecule has 0 bridgehead atoms. The number of carbonyl (C=O) groups is 1. The Labute approximate surface area is 108 Å². The number of hydrogen-bond donors (Lipinski definition) is 1. The van der Waals surface area contributed by atoms with E-state index < -0.39 is 11.8 Å². The van der Waals surface area contributed by atoms with Crippen LogP contribution in [0.25, 0.3) is 0 Å². The summed E-state index contributed by atoms with van der Waals surface area (Å²) < 4.78 is 13.5. The topological polar surface area (TPSA) is 50.2 Å². The van der Waals surface area contributed by atoms with Gasteiger partial charge in [-0.25, -0.2) is 9.18 Å². The first kappa shape index (κ1) is 12.6. The Morgan fingerprint density at radius 1 is 1.39 bits per heavy atom. The zero-order valence-electron chi connectivity index (χ0n) is 9.34. The molecule has 0 amide bonds. The van der Waals surface area contributed by atoms with Crippen molar-refractivity contribution in [2.45, 2.75) is 10.6 Å². The van der Waals surface area contributed by atoms with Gasteiger partial charge in [-0.15, -0.1) is 11.8 Å². The number of hydrogen-bond acceptors (Lipinski definition) is 3. The summed E-state index contributed by atoms with van der Waals surface area (Å²) >= 11 is 1.25. The predicted molar refractivity (Wildman–Crippen MR) is 67.2 cm³/mol. The summed E-state index contributed by atoms with van der Waals surface area (Å²) in [5.41, 5.74) is 1.05. The first-order valence-electron chi connectivity index (χ1n) is 5.21. The fourth-order valence-corrected chi connectivity index (χ4v) is 2.30. The lowest BCUT2D eigenvalue weighted by Crippen LogP contribution is -1.97. The third kappa shape index (κ3) is 3.07. The van der Waals surface area contributed by atoms with Crippen LogP contribution in [0.1, 0.15) is 15.9 Å². The smallest absolute Gasteiger partial charge is 0.335 e. The van der Waals surface area contributed by atoms with E-state index in [0.717, 1.165) is 5.56 Å². The van der Waals surface area contributed by atoms with Gasteiger partial charge in [-0.3, -0.25) is 4.98 Å². The zero-order valence-corrected chi connectivity index (χ0v) is 10.2. The molecule has 0 saturated carbocycles. The van der Waals surface area contributed by atoms with Gasteiger partial charge in [0.2, 0.25) is 0 Å². The quantitative estimate of drug-likeness (QED) is 0.860. The lowest BCUT2D eigenvalue weighted by atomic mass is 10.2. The molecule has 0 aliphatic carbocycles. The molecule has 0 aliphatic rings. The standard InChI is InChI=1S/C13H10FNO2S/c14-11-4-3-10(13(16)17)6-12(11)18-8-9-2-1-5-15-7-9/h1-7H,8H2,(H,16,17). The van der Waals surface area contributed by atoms with Gasteiger partial charge in [-0.05, 0) is 29.8 Å². The van der Waals surface area contributed by atoms with Crippen molar-refractivity contribution in [3.05, 3.63) is 59.7 Å². The van der Waals surface area contributed by atoms with E-state index in [2.05, 4.69) is 4.98 Å². The number of carboxylic acids is 1. The summed E-state index contributed by atoms with van der Waals surface area (Å²) in [6.45, 7) is 0. The van der Waals surface area contributed by atoms with E-state index in [0.29, 0.717) is 10.6 Å². The minimum absolute atomic E-state index is 0.0880. The van der Waals surface area contributed by atoms with Gasteiger partial charge < -0.3 is 5.11 Å². The second-order valence-corrected chi connectivity index (χ2v) is 4.62. The number of halogens is 1. The molecule has 0 aliphatic heterocycles. The van der Waals surface area contributed by atoms with Crippen molar-refractivity contribution in [1.29, 1.82) is 0 Å². The Hall–Kier alpha value is -1.88. The van der Waals surface area contributed by atoms with Gasteiger partial charge in [0.05, 0.1) is 5.56 Å². The molecule has 0 unspecified atom stereocenters. The van der Waals surface area contributed by atoms with Crippen LogP contribution in [0.2, 0.25) is 0 Å². The SMILES string of the molecule is O=C(O)c1ccc(F)c(SCc2cccnc2)c1. The minimum atomic E-state index is -1.06. The first-order chi connectivity index (χ1) is 8.66. The van der Waals surface area contributed by atoms with Crippen LogP contribution in [0.3, 0.4) is 0 Å². The molecule has 5 heteroatoms. The zero-order chi connectivity index (χ0) is 13.0. The monoisotopic (exact) mass is 263 g/mol. The molecular weight excluding hydrogens is 253 g/mol. The number of thioether (sulfide) groups is 1. The van der Waals surface area contributed by atoms with E-state index in [1.165, 1.54) is 30.0 Å². The summed E-state index contributed by atoms with van der Waals surface area (Å²) in [7, 11) is 0. The summed E-state index contributed by atoms with van der Waals surface area (Å²) in [4.78, 5) is 15.1. The molecule has 3 nitrogen and oxygen atoms in total. The summed E-state index contributed by atoms with van der Waals surface area (Å²) in [5.74, 6) is -0.916. The average molecular weight is 263 g/mol. The van der Waals surface area contributed by atoms with Crippen LogP contribution in [-0.4, -0.2) is 16.1 Å². The van der Waals surface area contributed by atoms with Crippen molar-refractivity contribution in [3.8, 4) is 0 Å². The second kappa shape index (κ2) is 5.64. The molecule has 1 aromatic carbocycles.